The summed E-state index contributed by atoms with van der Waals surface area (Å²) in [5, 5.41) is 2.76. The molecule has 0 radical (unpaired) electrons. The predicted molar refractivity (Wildman–Crippen MR) is 106 cm³/mol. The number of carbonyl (C=O) groups is 1. The van der Waals surface area contributed by atoms with Crippen LogP contribution in [0, 0.1) is 0 Å². The van der Waals surface area contributed by atoms with E-state index in [2.05, 4.69) is 5.32 Å². The molecule has 29 heavy (non-hydrogen) atoms. The lowest BCUT2D eigenvalue weighted by atomic mass is 10.1. The summed E-state index contributed by atoms with van der Waals surface area (Å²) in [5.41, 5.74) is 1.33. The number of rotatable bonds is 5. The van der Waals surface area contributed by atoms with Gasteiger partial charge < -0.3 is 19.5 Å². The Morgan fingerprint density at radius 3 is 2.66 bits per heavy atom. The Kier molecular flexibility index (Phi) is 5.44. The number of amides is 1. The maximum absolute atomic E-state index is 13.1. The van der Waals surface area contributed by atoms with Gasteiger partial charge in [0.05, 0.1) is 20.3 Å². The Morgan fingerprint density at radius 1 is 1.17 bits per heavy atom. The van der Waals surface area contributed by atoms with Crippen molar-refractivity contribution in [2.24, 2.45) is 0 Å². The van der Waals surface area contributed by atoms with E-state index >= 15 is 0 Å². The van der Waals surface area contributed by atoms with Crippen LogP contribution in [0.1, 0.15) is 5.56 Å². The van der Waals surface area contributed by atoms with Crippen LogP contribution in [0.3, 0.4) is 0 Å². The second-order valence-corrected chi connectivity index (χ2v) is 8.70. The monoisotopic (exact) mass is 418 g/mol. The molecule has 2 aliphatic heterocycles. The van der Waals surface area contributed by atoms with Gasteiger partial charge in [-0.1, -0.05) is 18.2 Å². The fourth-order valence-electron chi connectivity index (χ4n) is 3.43. The van der Waals surface area contributed by atoms with Crippen LogP contribution < -0.4 is 14.8 Å². The molecule has 0 aliphatic carbocycles. The fourth-order valence-corrected chi connectivity index (χ4v) is 5.02. The minimum absolute atomic E-state index is 0.00956. The van der Waals surface area contributed by atoms with Crippen molar-refractivity contribution in [3.63, 3.8) is 0 Å². The van der Waals surface area contributed by atoms with Crippen molar-refractivity contribution in [1.82, 2.24) is 4.31 Å². The zero-order chi connectivity index (χ0) is 20.4. The molecule has 2 aromatic carbocycles. The Bertz CT molecular complexity index is 992. The van der Waals surface area contributed by atoms with Crippen molar-refractivity contribution >= 4 is 21.6 Å². The van der Waals surface area contributed by atoms with Gasteiger partial charge >= 0.3 is 0 Å². The highest BCUT2D eigenvalue weighted by atomic mass is 32.2. The summed E-state index contributed by atoms with van der Waals surface area (Å²) >= 11 is 0. The molecule has 1 saturated heterocycles. The fraction of sp³-hybridized carbons (Fsp3) is 0.350. The Hall–Kier alpha value is -2.62. The SMILES string of the molecule is COc1ccc(NC(=O)[C@H]2Cc3ccccc3O2)cc1S(=O)(=O)N1CCOCC1. The van der Waals surface area contributed by atoms with Crippen molar-refractivity contribution in [2.45, 2.75) is 17.4 Å². The lowest BCUT2D eigenvalue weighted by Crippen LogP contribution is -2.40. The summed E-state index contributed by atoms with van der Waals surface area (Å²) in [6.45, 7) is 1.24. The van der Waals surface area contributed by atoms with Crippen molar-refractivity contribution in [3.05, 3.63) is 48.0 Å². The number of nitrogens with zero attached hydrogens (tertiary/aromatic N) is 1. The summed E-state index contributed by atoms with van der Waals surface area (Å²) in [6.07, 6.45) is -0.189. The number of methoxy groups -OCH3 is 1. The van der Waals surface area contributed by atoms with E-state index in [1.54, 1.807) is 6.07 Å². The van der Waals surface area contributed by atoms with E-state index < -0.39 is 16.1 Å². The number of anilines is 1. The van der Waals surface area contributed by atoms with Crippen LogP contribution in [0.4, 0.5) is 5.69 Å². The minimum Gasteiger partial charge on any atom is -0.495 e. The van der Waals surface area contributed by atoms with Crippen molar-refractivity contribution in [3.8, 4) is 11.5 Å². The smallest absolute Gasteiger partial charge is 0.265 e. The summed E-state index contributed by atoms with van der Waals surface area (Å²) in [5.74, 6) is 0.582. The lowest BCUT2D eigenvalue weighted by Gasteiger charge is -2.27. The quantitative estimate of drug-likeness (QED) is 0.794. The summed E-state index contributed by atoms with van der Waals surface area (Å²) in [7, 11) is -2.37. The van der Waals surface area contributed by atoms with Gasteiger partial charge in [-0.15, -0.1) is 0 Å². The molecule has 0 bridgehead atoms. The van der Waals surface area contributed by atoms with E-state index in [1.807, 2.05) is 24.3 Å². The highest BCUT2D eigenvalue weighted by molar-refractivity contribution is 7.89. The normalized spacial score (nSPS) is 19.3. The number of para-hydroxylation sites is 1. The molecule has 1 amide bonds. The number of hydrogen-bond acceptors (Lipinski definition) is 6. The second kappa shape index (κ2) is 8.02. The van der Waals surface area contributed by atoms with Crippen molar-refractivity contribution in [1.29, 1.82) is 0 Å². The zero-order valence-electron chi connectivity index (χ0n) is 16.0. The molecule has 1 atom stereocenters. The number of hydrogen-bond donors (Lipinski definition) is 1. The van der Waals surface area contributed by atoms with Gasteiger partial charge in [-0.2, -0.15) is 4.31 Å². The van der Waals surface area contributed by atoms with Crippen LogP contribution in [0.5, 0.6) is 11.5 Å². The number of sulfonamides is 1. The van der Waals surface area contributed by atoms with Crippen LogP contribution in [-0.4, -0.2) is 58.1 Å². The van der Waals surface area contributed by atoms with E-state index in [0.29, 0.717) is 31.1 Å². The molecular formula is C20H22N2O6S. The molecular weight excluding hydrogens is 396 g/mol. The molecule has 4 rings (SSSR count). The van der Waals surface area contributed by atoms with E-state index in [4.69, 9.17) is 14.2 Å². The summed E-state index contributed by atoms with van der Waals surface area (Å²) < 4.78 is 43.7. The standard InChI is InChI=1S/C20H22N2O6S/c1-26-17-7-6-15(13-19(17)29(24,25)22-8-10-27-11-9-22)21-20(23)18-12-14-4-2-3-5-16(14)28-18/h2-7,13,18H,8-12H2,1H3,(H,21,23)/t18-/m1/s1. The number of carbonyl (C=O) groups excluding carboxylic acids is 1. The van der Waals surface area contributed by atoms with Gasteiger partial charge in [0.2, 0.25) is 10.0 Å². The lowest BCUT2D eigenvalue weighted by molar-refractivity contribution is -0.122. The van der Waals surface area contributed by atoms with E-state index in [9.17, 15) is 13.2 Å². The van der Waals surface area contributed by atoms with Gasteiger partial charge in [0.25, 0.3) is 5.91 Å². The molecule has 9 heteroatoms. The number of ether oxygens (including phenoxy) is 3. The Morgan fingerprint density at radius 2 is 1.93 bits per heavy atom. The first-order valence-corrected chi connectivity index (χ1v) is 10.7. The van der Waals surface area contributed by atoms with Gasteiger partial charge in [-0.25, -0.2) is 8.42 Å². The van der Waals surface area contributed by atoms with Crippen LogP contribution in [0.15, 0.2) is 47.4 Å². The molecule has 2 aliphatic rings. The topological polar surface area (TPSA) is 94.2 Å². The zero-order valence-corrected chi connectivity index (χ0v) is 16.8. The summed E-state index contributed by atoms with van der Waals surface area (Å²) in [6, 6.07) is 12.1. The average molecular weight is 418 g/mol. The van der Waals surface area contributed by atoms with Gasteiger partial charge in [0.15, 0.2) is 6.10 Å². The highest BCUT2D eigenvalue weighted by Gasteiger charge is 2.31. The van der Waals surface area contributed by atoms with E-state index in [-0.39, 0.29) is 29.6 Å². The third-order valence-electron chi connectivity index (χ3n) is 4.96. The second-order valence-electron chi connectivity index (χ2n) is 6.79. The molecule has 1 N–H and O–H groups in total. The van der Waals surface area contributed by atoms with Crippen molar-refractivity contribution < 1.29 is 27.4 Å². The number of morpholine rings is 1. The van der Waals surface area contributed by atoms with Gasteiger partial charge in [0.1, 0.15) is 16.4 Å². The highest BCUT2D eigenvalue weighted by Crippen LogP contribution is 2.32. The van der Waals surface area contributed by atoms with Crippen LogP contribution in [0.25, 0.3) is 0 Å². The molecule has 0 saturated carbocycles. The first-order chi connectivity index (χ1) is 14.0. The Labute approximate surface area is 169 Å². The van der Waals surface area contributed by atoms with Gasteiger partial charge in [0, 0.05) is 25.2 Å². The first kappa shape index (κ1) is 19.7. The Balaban J connectivity index is 1.55. The van der Waals surface area contributed by atoms with E-state index in [0.717, 1.165) is 5.56 Å². The molecule has 0 unspecified atom stereocenters. The molecule has 1 fully saturated rings. The predicted octanol–water partition coefficient (Wildman–Crippen LogP) is 1.66. The molecule has 2 aromatic rings. The molecule has 2 heterocycles. The number of benzene rings is 2. The minimum atomic E-state index is -3.78. The van der Waals surface area contributed by atoms with Crippen LogP contribution in [-0.2, 0) is 26.0 Å². The number of nitrogens with one attached hydrogen (secondary N) is 1. The largest absolute Gasteiger partial charge is 0.495 e. The van der Waals surface area contributed by atoms with Crippen molar-refractivity contribution in [2.75, 3.05) is 38.7 Å². The summed E-state index contributed by atoms with van der Waals surface area (Å²) in [4.78, 5) is 12.7. The molecule has 154 valence electrons. The molecule has 0 spiro atoms. The molecule has 8 nitrogen and oxygen atoms in total. The number of fused-ring (bicyclic) bond motifs is 1. The van der Waals surface area contributed by atoms with Crippen LogP contribution >= 0.6 is 0 Å². The average Bonchev–Trinajstić information content (AvgIpc) is 3.19. The van der Waals surface area contributed by atoms with Crippen LogP contribution in [0.2, 0.25) is 0 Å². The maximum atomic E-state index is 13.1. The third kappa shape index (κ3) is 3.93. The molecule has 0 aromatic heterocycles. The van der Waals surface area contributed by atoms with Gasteiger partial charge in [-0.3, -0.25) is 4.79 Å². The third-order valence-corrected chi connectivity index (χ3v) is 6.88. The first-order valence-electron chi connectivity index (χ1n) is 9.30. The maximum Gasteiger partial charge on any atom is 0.265 e. The van der Waals surface area contributed by atoms with Gasteiger partial charge in [-0.05, 0) is 29.8 Å². The van der Waals surface area contributed by atoms with E-state index in [1.165, 1.54) is 23.5 Å².